The molecule has 0 saturated carbocycles. The van der Waals surface area contributed by atoms with Gasteiger partial charge < -0.3 is 10.4 Å². The molecule has 122 valence electrons. The molecule has 0 bridgehead atoms. The van der Waals surface area contributed by atoms with E-state index in [1.807, 2.05) is 30.5 Å². The van der Waals surface area contributed by atoms with Crippen LogP contribution in [0, 0.1) is 0 Å². The highest BCUT2D eigenvalue weighted by Crippen LogP contribution is 2.21. The number of hydrogen-bond donors (Lipinski definition) is 2. The molecule has 3 aromatic rings. The van der Waals surface area contributed by atoms with Crippen LogP contribution in [0.25, 0.3) is 10.9 Å². The van der Waals surface area contributed by atoms with Crippen LogP contribution >= 0.6 is 0 Å². The minimum Gasteiger partial charge on any atom is -0.506 e. The fourth-order valence-electron chi connectivity index (χ4n) is 2.64. The van der Waals surface area contributed by atoms with Crippen LogP contribution in [0.2, 0.25) is 0 Å². The third-order valence-electron chi connectivity index (χ3n) is 3.90. The number of fused-ring (bicyclic) bond motifs is 1. The Labute approximate surface area is 140 Å². The second-order valence-electron chi connectivity index (χ2n) is 5.58. The van der Waals surface area contributed by atoms with Gasteiger partial charge in [0.2, 0.25) is 0 Å². The molecule has 5 nitrogen and oxygen atoms in total. The summed E-state index contributed by atoms with van der Waals surface area (Å²) < 4.78 is 0. The van der Waals surface area contributed by atoms with E-state index in [9.17, 15) is 9.90 Å². The zero-order chi connectivity index (χ0) is 16.8. The number of carbonyl (C=O) groups is 1. The second-order valence-corrected chi connectivity index (χ2v) is 5.58. The zero-order valence-corrected chi connectivity index (χ0v) is 13.3. The molecule has 0 aliphatic rings. The van der Waals surface area contributed by atoms with Crippen LogP contribution in [0.5, 0.6) is 5.75 Å². The molecule has 5 heteroatoms. The smallest absolute Gasteiger partial charge is 0.172 e. The summed E-state index contributed by atoms with van der Waals surface area (Å²) in [4.78, 5) is 19.3. The standard InChI is InChI=1S/C19H19N3O2/c23-13-18-19(24)9-8-14(22-18)5-3-4-11-20-17-10-12-21-16-7-2-1-6-15(16)17/h1-2,6-10,12-13,24H,3-5,11H2,(H,20,21). The first-order valence-corrected chi connectivity index (χ1v) is 7.99. The third kappa shape index (κ3) is 3.68. The summed E-state index contributed by atoms with van der Waals surface area (Å²) >= 11 is 0. The molecule has 2 aromatic heterocycles. The summed E-state index contributed by atoms with van der Waals surface area (Å²) in [7, 11) is 0. The van der Waals surface area contributed by atoms with Crippen LogP contribution in [0.4, 0.5) is 5.69 Å². The number of rotatable bonds is 7. The van der Waals surface area contributed by atoms with Gasteiger partial charge in [-0.15, -0.1) is 0 Å². The van der Waals surface area contributed by atoms with Gasteiger partial charge in [-0.2, -0.15) is 0 Å². The molecule has 2 N–H and O–H groups in total. The summed E-state index contributed by atoms with van der Waals surface area (Å²) in [5, 5.41) is 14.0. The van der Waals surface area contributed by atoms with Crippen molar-refractivity contribution >= 4 is 22.9 Å². The van der Waals surface area contributed by atoms with Crippen LogP contribution in [0.3, 0.4) is 0 Å². The lowest BCUT2D eigenvalue weighted by molar-refractivity contribution is 0.111. The van der Waals surface area contributed by atoms with E-state index in [0.29, 0.717) is 6.29 Å². The first-order valence-electron chi connectivity index (χ1n) is 7.99. The first-order chi connectivity index (χ1) is 11.8. The SMILES string of the molecule is O=Cc1nc(CCCCNc2ccnc3ccccc23)ccc1O. The Hall–Kier alpha value is -2.95. The van der Waals surface area contributed by atoms with Gasteiger partial charge in [-0.25, -0.2) is 4.98 Å². The van der Waals surface area contributed by atoms with E-state index in [1.54, 1.807) is 6.07 Å². The van der Waals surface area contributed by atoms with Gasteiger partial charge >= 0.3 is 0 Å². The molecule has 0 atom stereocenters. The number of hydrogen-bond acceptors (Lipinski definition) is 5. The van der Waals surface area contributed by atoms with Crippen LogP contribution in [-0.4, -0.2) is 27.9 Å². The van der Waals surface area contributed by atoms with Gasteiger partial charge in [0.15, 0.2) is 6.29 Å². The minimum atomic E-state index is -0.0695. The third-order valence-corrected chi connectivity index (χ3v) is 3.90. The van der Waals surface area contributed by atoms with Crippen molar-refractivity contribution in [3.8, 4) is 5.75 Å². The largest absolute Gasteiger partial charge is 0.506 e. The first kappa shape index (κ1) is 15.9. The van der Waals surface area contributed by atoms with E-state index < -0.39 is 0 Å². The van der Waals surface area contributed by atoms with Gasteiger partial charge in [0, 0.05) is 29.5 Å². The zero-order valence-electron chi connectivity index (χ0n) is 13.3. The quantitative estimate of drug-likeness (QED) is 0.514. The Kier molecular flexibility index (Phi) is 5.01. The van der Waals surface area contributed by atoms with E-state index in [-0.39, 0.29) is 11.4 Å². The number of carbonyl (C=O) groups excluding carboxylic acids is 1. The number of anilines is 1. The Bertz CT molecular complexity index is 844. The number of benzene rings is 1. The predicted octanol–water partition coefficient (Wildman–Crippen LogP) is 3.58. The lowest BCUT2D eigenvalue weighted by atomic mass is 10.1. The molecule has 2 heterocycles. The van der Waals surface area contributed by atoms with Crippen molar-refractivity contribution in [2.45, 2.75) is 19.3 Å². The molecule has 0 amide bonds. The molecule has 3 rings (SSSR count). The van der Waals surface area contributed by atoms with Gasteiger partial charge in [-0.1, -0.05) is 18.2 Å². The molecule has 0 spiro atoms. The molecule has 1 aromatic carbocycles. The molecule has 0 saturated heterocycles. The topological polar surface area (TPSA) is 75.1 Å². The highest BCUT2D eigenvalue weighted by molar-refractivity contribution is 5.90. The van der Waals surface area contributed by atoms with Crippen molar-refractivity contribution in [3.63, 3.8) is 0 Å². The Morgan fingerprint density at radius 2 is 1.96 bits per heavy atom. The number of aromatic hydroxyl groups is 1. The monoisotopic (exact) mass is 321 g/mol. The fourth-order valence-corrected chi connectivity index (χ4v) is 2.64. The highest BCUT2D eigenvalue weighted by Gasteiger charge is 2.04. The second kappa shape index (κ2) is 7.55. The lowest BCUT2D eigenvalue weighted by Crippen LogP contribution is -2.03. The van der Waals surface area contributed by atoms with Gasteiger partial charge in [0.05, 0.1) is 5.52 Å². The summed E-state index contributed by atoms with van der Waals surface area (Å²) in [5.74, 6) is -0.0695. The Balaban J connectivity index is 1.51. The summed E-state index contributed by atoms with van der Waals surface area (Å²) in [6, 6.07) is 13.3. The average Bonchev–Trinajstić information content (AvgIpc) is 2.63. The van der Waals surface area contributed by atoms with Gasteiger partial charge in [0.25, 0.3) is 0 Å². The number of aromatic nitrogens is 2. The molecule has 24 heavy (non-hydrogen) atoms. The van der Waals surface area contributed by atoms with Gasteiger partial charge in [0.1, 0.15) is 11.4 Å². The Morgan fingerprint density at radius 3 is 2.83 bits per heavy atom. The van der Waals surface area contributed by atoms with Crippen LogP contribution in [0.15, 0.2) is 48.7 Å². The van der Waals surface area contributed by atoms with Crippen LogP contribution < -0.4 is 5.32 Å². The summed E-state index contributed by atoms with van der Waals surface area (Å²) in [6.07, 6.45) is 5.10. The molecule has 0 unspecified atom stereocenters. The average molecular weight is 321 g/mol. The maximum atomic E-state index is 10.8. The van der Waals surface area contributed by atoms with Crippen LogP contribution in [0.1, 0.15) is 29.0 Å². The van der Waals surface area contributed by atoms with Crippen molar-refractivity contribution < 1.29 is 9.90 Å². The normalized spacial score (nSPS) is 10.7. The number of unbranched alkanes of at least 4 members (excludes halogenated alkanes) is 1. The van der Waals surface area contributed by atoms with Crippen molar-refractivity contribution in [3.05, 3.63) is 60.0 Å². The van der Waals surface area contributed by atoms with E-state index >= 15 is 0 Å². The number of para-hydroxylation sites is 1. The maximum Gasteiger partial charge on any atom is 0.172 e. The predicted molar refractivity (Wildman–Crippen MR) is 94.5 cm³/mol. The van der Waals surface area contributed by atoms with Crippen molar-refractivity contribution in [1.82, 2.24) is 9.97 Å². The molecule has 0 aliphatic carbocycles. The van der Waals surface area contributed by atoms with Crippen molar-refractivity contribution in [2.75, 3.05) is 11.9 Å². The summed E-state index contributed by atoms with van der Waals surface area (Å²) in [5.41, 5.74) is 3.00. The molecular weight excluding hydrogens is 302 g/mol. The van der Waals surface area contributed by atoms with E-state index in [1.165, 1.54) is 6.07 Å². The number of aryl methyl sites for hydroxylation is 1. The van der Waals surface area contributed by atoms with E-state index in [2.05, 4.69) is 21.4 Å². The fraction of sp³-hybridized carbons (Fsp3) is 0.211. The number of nitrogens with zero attached hydrogens (tertiary/aromatic N) is 2. The van der Waals surface area contributed by atoms with E-state index in [4.69, 9.17) is 0 Å². The van der Waals surface area contributed by atoms with Gasteiger partial charge in [-0.3, -0.25) is 9.78 Å². The van der Waals surface area contributed by atoms with Crippen LogP contribution in [-0.2, 0) is 6.42 Å². The molecular formula is C19H19N3O2. The van der Waals surface area contributed by atoms with E-state index in [0.717, 1.165) is 48.1 Å². The molecule has 0 fully saturated rings. The van der Waals surface area contributed by atoms with Gasteiger partial charge in [-0.05, 0) is 43.5 Å². The molecule has 0 radical (unpaired) electrons. The lowest BCUT2D eigenvalue weighted by Gasteiger charge is -2.09. The number of pyridine rings is 2. The van der Waals surface area contributed by atoms with Crippen molar-refractivity contribution in [2.24, 2.45) is 0 Å². The minimum absolute atomic E-state index is 0.0695. The summed E-state index contributed by atoms with van der Waals surface area (Å²) in [6.45, 7) is 0.854. The maximum absolute atomic E-state index is 10.8. The molecule has 0 aliphatic heterocycles. The number of nitrogens with one attached hydrogen (secondary N) is 1. The van der Waals surface area contributed by atoms with Crippen molar-refractivity contribution in [1.29, 1.82) is 0 Å². The Morgan fingerprint density at radius 1 is 1.08 bits per heavy atom. The highest BCUT2D eigenvalue weighted by atomic mass is 16.3. The number of aldehydes is 1.